The summed E-state index contributed by atoms with van der Waals surface area (Å²) in [7, 11) is 3.69. The minimum Gasteiger partial charge on any atom is -0.393 e. The normalized spacial score (nSPS) is 17.8. The zero-order valence-electron chi connectivity index (χ0n) is 11.5. The summed E-state index contributed by atoms with van der Waals surface area (Å²) in [6.07, 6.45) is 1.37. The van der Waals surface area contributed by atoms with E-state index < -0.39 is 5.56 Å². The summed E-state index contributed by atoms with van der Waals surface area (Å²) in [6, 6.07) is 0. The van der Waals surface area contributed by atoms with Gasteiger partial charge in [-0.2, -0.15) is 0 Å². The van der Waals surface area contributed by atoms with Crippen LogP contribution in [0.1, 0.15) is 0 Å². The van der Waals surface area contributed by atoms with Crippen LogP contribution >= 0.6 is 0 Å². The predicted octanol–water partition coefficient (Wildman–Crippen LogP) is -1.62. The van der Waals surface area contributed by atoms with Crippen LogP contribution in [-0.2, 0) is 13.6 Å². The lowest BCUT2D eigenvalue weighted by molar-refractivity contribution is 0.149. The minimum atomic E-state index is -0.391. The number of hydrogen-bond donors (Lipinski definition) is 1. The van der Waals surface area contributed by atoms with E-state index in [1.165, 1.54) is 15.3 Å². The Labute approximate surface area is 111 Å². The number of nitrogens with zero attached hydrogens (tertiary/aromatic N) is 4. The van der Waals surface area contributed by atoms with Crippen LogP contribution in [0, 0.1) is 0 Å². The zero-order valence-corrected chi connectivity index (χ0v) is 11.5. The number of aromatic nitrogens is 2. The number of anilines is 1. The van der Waals surface area contributed by atoms with Crippen LogP contribution in [0.2, 0.25) is 0 Å². The summed E-state index contributed by atoms with van der Waals surface area (Å²) in [6.45, 7) is 5.06. The van der Waals surface area contributed by atoms with Crippen LogP contribution in [0.25, 0.3) is 0 Å². The molecule has 1 aliphatic rings. The molecule has 0 aliphatic carbocycles. The topological polar surface area (TPSA) is 76.5 Å². The fourth-order valence-corrected chi connectivity index (χ4v) is 2.26. The fourth-order valence-electron chi connectivity index (χ4n) is 2.26. The van der Waals surface area contributed by atoms with Gasteiger partial charge >= 0.3 is 5.69 Å². The summed E-state index contributed by atoms with van der Waals surface area (Å²) in [5.74, 6) is 0. The van der Waals surface area contributed by atoms with Crippen molar-refractivity contribution >= 4 is 5.69 Å². The second-order valence-electron chi connectivity index (χ2n) is 5.08. The number of nitrogen functional groups attached to an aromatic ring is 1. The lowest BCUT2D eigenvalue weighted by atomic mass is 10.3. The number of nitrogens with two attached hydrogens (primary N) is 1. The van der Waals surface area contributed by atoms with Gasteiger partial charge in [-0.05, 0) is 7.05 Å². The molecule has 0 atom stereocenters. The van der Waals surface area contributed by atoms with Crippen LogP contribution in [-0.4, -0.2) is 58.7 Å². The summed E-state index contributed by atoms with van der Waals surface area (Å²) in [5.41, 5.74) is 5.01. The van der Waals surface area contributed by atoms with Gasteiger partial charge in [0.05, 0.1) is 0 Å². The summed E-state index contributed by atoms with van der Waals surface area (Å²) >= 11 is 0. The Hall–Kier alpha value is -1.60. The Kier molecular flexibility index (Phi) is 4.06. The highest BCUT2D eigenvalue weighted by Gasteiger charge is 2.14. The van der Waals surface area contributed by atoms with E-state index in [2.05, 4.69) is 16.8 Å². The van der Waals surface area contributed by atoms with E-state index in [1.807, 2.05) is 0 Å². The molecule has 1 aromatic heterocycles. The molecule has 1 aliphatic heterocycles. The molecule has 2 rings (SSSR count). The van der Waals surface area contributed by atoms with Gasteiger partial charge < -0.3 is 15.2 Å². The average molecular weight is 267 g/mol. The third-order valence-electron chi connectivity index (χ3n) is 3.59. The smallest absolute Gasteiger partial charge is 0.330 e. The van der Waals surface area contributed by atoms with E-state index in [0.717, 1.165) is 26.2 Å². The molecule has 1 fully saturated rings. The number of rotatable bonds is 3. The van der Waals surface area contributed by atoms with E-state index in [4.69, 9.17) is 5.73 Å². The number of aryl methyl sites for hydroxylation is 1. The second-order valence-corrected chi connectivity index (χ2v) is 5.08. The number of likely N-dealkylation sites (N-methyl/N-ethyl adjacent to an activating group) is 1. The first-order chi connectivity index (χ1) is 8.99. The van der Waals surface area contributed by atoms with Crippen molar-refractivity contribution in [3.63, 3.8) is 0 Å². The van der Waals surface area contributed by atoms with Crippen LogP contribution in [0.3, 0.4) is 0 Å². The highest BCUT2D eigenvalue weighted by molar-refractivity contribution is 5.30. The molecule has 1 aromatic rings. The molecule has 2 heterocycles. The molecule has 0 radical (unpaired) electrons. The Balaban J connectivity index is 2.08. The lowest BCUT2D eigenvalue weighted by Gasteiger charge is -2.32. The predicted molar refractivity (Wildman–Crippen MR) is 74.3 cm³/mol. The maximum atomic E-state index is 11.9. The van der Waals surface area contributed by atoms with Crippen molar-refractivity contribution in [2.45, 2.75) is 6.54 Å². The zero-order chi connectivity index (χ0) is 14.0. The molecule has 0 unspecified atom stereocenters. The van der Waals surface area contributed by atoms with Crippen molar-refractivity contribution in [1.29, 1.82) is 0 Å². The van der Waals surface area contributed by atoms with Crippen LogP contribution in [0.15, 0.2) is 15.8 Å². The molecule has 0 saturated carbocycles. The highest BCUT2D eigenvalue weighted by atomic mass is 16.2. The first-order valence-electron chi connectivity index (χ1n) is 6.46. The van der Waals surface area contributed by atoms with Crippen LogP contribution in [0.5, 0.6) is 0 Å². The van der Waals surface area contributed by atoms with Crippen molar-refractivity contribution in [2.24, 2.45) is 7.05 Å². The number of piperazine rings is 1. The largest absolute Gasteiger partial charge is 0.393 e. The Bertz CT molecular complexity index is 520. The molecule has 19 heavy (non-hydrogen) atoms. The van der Waals surface area contributed by atoms with Crippen molar-refractivity contribution in [2.75, 3.05) is 45.5 Å². The molecule has 7 nitrogen and oxygen atoms in total. The van der Waals surface area contributed by atoms with Gasteiger partial charge in [0.1, 0.15) is 5.69 Å². The van der Waals surface area contributed by atoms with Crippen molar-refractivity contribution in [1.82, 2.24) is 18.9 Å². The third kappa shape index (κ3) is 3.05. The Morgan fingerprint density at radius 2 is 1.74 bits per heavy atom. The average Bonchev–Trinajstić information content (AvgIpc) is 2.38. The van der Waals surface area contributed by atoms with Gasteiger partial charge in [-0.1, -0.05) is 0 Å². The summed E-state index contributed by atoms with van der Waals surface area (Å²) in [4.78, 5) is 28.3. The monoisotopic (exact) mass is 267 g/mol. The van der Waals surface area contributed by atoms with E-state index in [1.54, 1.807) is 7.05 Å². The quantitative estimate of drug-likeness (QED) is 0.712. The van der Waals surface area contributed by atoms with Crippen LogP contribution < -0.4 is 17.0 Å². The Morgan fingerprint density at radius 3 is 2.37 bits per heavy atom. The molecule has 0 bridgehead atoms. The lowest BCUT2D eigenvalue weighted by Crippen LogP contribution is -2.47. The van der Waals surface area contributed by atoms with E-state index in [0.29, 0.717) is 13.1 Å². The van der Waals surface area contributed by atoms with Gasteiger partial charge in [0.15, 0.2) is 0 Å². The maximum absolute atomic E-state index is 11.9. The molecule has 0 aromatic carbocycles. The molecule has 2 N–H and O–H groups in total. The van der Waals surface area contributed by atoms with Gasteiger partial charge in [-0.25, -0.2) is 4.79 Å². The highest BCUT2D eigenvalue weighted by Crippen LogP contribution is 1.98. The van der Waals surface area contributed by atoms with Crippen LogP contribution in [0.4, 0.5) is 5.69 Å². The first-order valence-corrected chi connectivity index (χ1v) is 6.46. The Morgan fingerprint density at radius 1 is 1.11 bits per heavy atom. The second kappa shape index (κ2) is 5.58. The fraction of sp³-hybridized carbons (Fsp3) is 0.667. The standard InChI is InChI=1S/C12H21N5O2/c1-14-3-5-16(6-4-14)7-8-17-11(18)10(13)9-15(2)12(17)19/h9H,3-8,13H2,1-2H3. The van der Waals surface area contributed by atoms with Crippen molar-refractivity contribution in [3.05, 3.63) is 27.0 Å². The SMILES string of the molecule is CN1CCN(CCn2c(=O)c(N)cn(C)c2=O)CC1. The van der Waals surface area contributed by atoms with Gasteiger partial charge in [0, 0.05) is 52.5 Å². The van der Waals surface area contributed by atoms with E-state index >= 15 is 0 Å². The van der Waals surface area contributed by atoms with Gasteiger partial charge in [-0.3, -0.25) is 14.3 Å². The molecule has 7 heteroatoms. The van der Waals surface area contributed by atoms with Crippen molar-refractivity contribution in [3.8, 4) is 0 Å². The van der Waals surface area contributed by atoms with Gasteiger partial charge in [0.2, 0.25) is 0 Å². The number of hydrogen-bond acceptors (Lipinski definition) is 5. The minimum absolute atomic E-state index is 0.112. The molecule has 0 amide bonds. The van der Waals surface area contributed by atoms with E-state index in [9.17, 15) is 9.59 Å². The first kappa shape index (κ1) is 13.8. The molecule has 1 saturated heterocycles. The van der Waals surface area contributed by atoms with Gasteiger partial charge in [-0.15, -0.1) is 0 Å². The molecule has 106 valence electrons. The molecule has 0 spiro atoms. The third-order valence-corrected chi connectivity index (χ3v) is 3.59. The van der Waals surface area contributed by atoms with Gasteiger partial charge in [0.25, 0.3) is 5.56 Å². The maximum Gasteiger partial charge on any atom is 0.330 e. The summed E-state index contributed by atoms with van der Waals surface area (Å²) in [5, 5.41) is 0. The summed E-state index contributed by atoms with van der Waals surface area (Å²) < 4.78 is 2.56. The molecular formula is C12H21N5O2. The molecular weight excluding hydrogens is 246 g/mol. The van der Waals surface area contributed by atoms with E-state index in [-0.39, 0.29) is 11.4 Å². The van der Waals surface area contributed by atoms with Crippen molar-refractivity contribution < 1.29 is 0 Å².